The van der Waals surface area contributed by atoms with E-state index in [-0.39, 0.29) is 31.1 Å². The molecule has 0 saturated carbocycles. The number of hydrogen-bond donors (Lipinski definition) is 0. The smallest absolute Gasteiger partial charge is 0.306 e. The maximum absolute atomic E-state index is 12.8. The first kappa shape index (κ1) is 58.9. The van der Waals surface area contributed by atoms with E-state index in [2.05, 4.69) is 93.7 Å². The molecule has 0 radical (unpaired) electrons. The molecule has 356 valence electrons. The van der Waals surface area contributed by atoms with Crippen molar-refractivity contribution >= 4 is 17.9 Å². The fourth-order valence-corrected chi connectivity index (χ4v) is 7.05. The Hall–Kier alpha value is -3.15. The lowest BCUT2D eigenvalue weighted by molar-refractivity contribution is -0.167. The Kier molecular flexibility index (Phi) is 47.9. The minimum atomic E-state index is -0.790. The van der Waals surface area contributed by atoms with E-state index < -0.39 is 6.10 Å². The highest BCUT2D eigenvalue weighted by Gasteiger charge is 2.19. The number of esters is 3. The largest absolute Gasteiger partial charge is 0.462 e. The Labute approximate surface area is 382 Å². The van der Waals surface area contributed by atoms with E-state index in [1.807, 2.05) is 0 Å². The average molecular weight is 865 g/mol. The molecule has 62 heavy (non-hydrogen) atoms. The molecule has 6 nitrogen and oxygen atoms in total. The number of ether oxygens (including phenoxy) is 3. The minimum Gasteiger partial charge on any atom is -0.462 e. The van der Waals surface area contributed by atoms with Crippen LogP contribution >= 0.6 is 0 Å². The summed E-state index contributed by atoms with van der Waals surface area (Å²) in [5, 5.41) is 0. The summed E-state index contributed by atoms with van der Waals surface area (Å²) in [5.41, 5.74) is 0. The molecule has 0 amide bonds. The van der Waals surface area contributed by atoms with E-state index in [0.29, 0.717) is 19.3 Å². The van der Waals surface area contributed by atoms with Gasteiger partial charge in [0, 0.05) is 19.3 Å². The molecule has 0 spiro atoms. The monoisotopic (exact) mass is 865 g/mol. The maximum Gasteiger partial charge on any atom is 0.306 e. The quantitative estimate of drug-likeness (QED) is 0.0262. The van der Waals surface area contributed by atoms with Gasteiger partial charge >= 0.3 is 17.9 Å². The van der Waals surface area contributed by atoms with Gasteiger partial charge in [-0.15, -0.1) is 0 Å². The van der Waals surface area contributed by atoms with Crippen LogP contribution in [-0.4, -0.2) is 37.2 Å². The molecule has 0 aromatic carbocycles. The summed E-state index contributed by atoms with van der Waals surface area (Å²) >= 11 is 0. The number of allylic oxidation sites excluding steroid dienone is 12. The summed E-state index contributed by atoms with van der Waals surface area (Å²) in [6, 6.07) is 0. The van der Waals surface area contributed by atoms with Gasteiger partial charge < -0.3 is 14.2 Å². The Balaban J connectivity index is 4.40. The number of carbonyl (C=O) groups excluding carboxylic acids is 3. The first-order valence-electron chi connectivity index (χ1n) is 25.9. The van der Waals surface area contributed by atoms with Crippen LogP contribution in [0.2, 0.25) is 0 Å². The Morgan fingerprint density at radius 2 is 0.629 bits per heavy atom. The first-order valence-corrected chi connectivity index (χ1v) is 25.9. The van der Waals surface area contributed by atoms with Crippen LogP contribution in [0.4, 0.5) is 0 Å². The number of unbranched alkanes of at least 4 members (excludes halogenated alkanes) is 23. The normalized spacial score (nSPS) is 12.6. The van der Waals surface area contributed by atoms with Crippen molar-refractivity contribution in [2.75, 3.05) is 13.2 Å². The van der Waals surface area contributed by atoms with Gasteiger partial charge in [-0.25, -0.2) is 0 Å². The van der Waals surface area contributed by atoms with Gasteiger partial charge in [0.25, 0.3) is 0 Å². The number of hydrogen-bond acceptors (Lipinski definition) is 6. The van der Waals surface area contributed by atoms with E-state index in [1.54, 1.807) is 0 Å². The molecule has 0 N–H and O–H groups in total. The van der Waals surface area contributed by atoms with Crippen LogP contribution in [0.25, 0.3) is 0 Å². The van der Waals surface area contributed by atoms with Crippen LogP contribution in [0.5, 0.6) is 0 Å². The molecule has 0 unspecified atom stereocenters. The van der Waals surface area contributed by atoms with E-state index in [0.717, 1.165) is 109 Å². The van der Waals surface area contributed by atoms with Gasteiger partial charge in [0.15, 0.2) is 6.10 Å². The highest BCUT2D eigenvalue weighted by molar-refractivity contribution is 5.71. The minimum absolute atomic E-state index is 0.0883. The lowest BCUT2D eigenvalue weighted by Crippen LogP contribution is -2.30. The summed E-state index contributed by atoms with van der Waals surface area (Å²) in [5.74, 6) is -0.931. The first-order chi connectivity index (χ1) is 30.5. The number of carbonyl (C=O) groups is 3. The third-order valence-electron chi connectivity index (χ3n) is 10.9. The summed E-state index contributed by atoms with van der Waals surface area (Å²) < 4.78 is 16.7. The second kappa shape index (κ2) is 50.5. The lowest BCUT2D eigenvalue weighted by Gasteiger charge is -2.18. The van der Waals surface area contributed by atoms with Crippen molar-refractivity contribution < 1.29 is 28.6 Å². The van der Waals surface area contributed by atoms with Crippen molar-refractivity contribution in [2.45, 2.75) is 252 Å². The summed E-state index contributed by atoms with van der Waals surface area (Å²) in [4.78, 5) is 37.9. The molecule has 0 aliphatic heterocycles. The molecule has 0 bridgehead atoms. The molecule has 1 atom stereocenters. The number of rotatable bonds is 46. The molecular formula is C56H96O6. The van der Waals surface area contributed by atoms with Gasteiger partial charge in [0.05, 0.1) is 0 Å². The van der Waals surface area contributed by atoms with Crippen molar-refractivity contribution in [3.8, 4) is 0 Å². The van der Waals surface area contributed by atoms with Crippen LogP contribution in [0.3, 0.4) is 0 Å². The lowest BCUT2D eigenvalue weighted by atomic mass is 10.1. The predicted molar refractivity (Wildman–Crippen MR) is 265 cm³/mol. The fourth-order valence-electron chi connectivity index (χ4n) is 7.05. The van der Waals surface area contributed by atoms with E-state index in [4.69, 9.17) is 14.2 Å². The van der Waals surface area contributed by atoms with Crippen molar-refractivity contribution in [2.24, 2.45) is 0 Å². The molecule has 0 aromatic heterocycles. The highest BCUT2D eigenvalue weighted by atomic mass is 16.6. The van der Waals surface area contributed by atoms with E-state index in [9.17, 15) is 14.4 Å². The van der Waals surface area contributed by atoms with Gasteiger partial charge in [0.2, 0.25) is 0 Å². The Morgan fingerprint density at radius 1 is 0.339 bits per heavy atom. The van der Waals surface area contributed by atoms with Crippen molar-refractivity contribution in [3.05, 3.63) is 72.9 Å². The molecule has 0 aromatic rings. The Morgan fingerprint density at radius 3 is 1.02 bits per heavy atom. The molecule has 6 heteroatoms. The van der Waals surface area contributed by atoms with Crippen molar-refractivity contribution in [3.63, 3.8) is 0 Å². The Bertz CT molecular complexity index is 1180. The standard InChI is InChI=1S/C56H96O6/c1-4-7-10-13-16-19-21-23-25-27-28-29-31-32-34-37-40-43-46-49-55(58)61-52-53(51-60-54(57)48-45-42-39-36-18-15-12-9-6-3)62-56(59)50-47-44-41-38-35-33-30-26-24-22-20-17-14-11-8-5-2/h7,10,16,19,23,25-26,28-30,32,34,53H,4-6,8-9,11-15,17-18,20-22,24,27,31,33,35-52H2,1-3H3/b10-7-,19-16-,25-23-,29-28-,30-26-,34-32-/t53-/m1/s1. The molecule has 0 rings (SSSR count). The second-order valence-corrected chi connectivity index (χ2v) is 17.1. The average Bonchev–Trinajstić information content (AvgIpc) is 3.27. The van der Waals surface area contributed by atoms with Gasteiger partial charge in [-0.2, -0.15) is 0 Å². The van der Waals surface area contributed by atoms with Crippen molar-refractivity contribution in [1.29, 1.82) is 0 Å². The third kappa shape index (κ3) is 47.9. The van der Waals surface area contributed by atoms with Crippen LogP contribution in [0.1, 0.15) is 245 Å². The maximum atomic E-state index is 12.8. The van der Waals surface area contributed by atoms with E-state index in [1.165, 1.54) is 96.3 Å². The SMILES string of the molecule is CC/C=C\C/C=C\C/C=C\C/C=C\C/C=C\CCCCCC(=O)OC[C@@H](COC(=O)CCCCCCCCCCC)OC(=O)CCCCCCC/C=C\CCCCCCCCC. The molecular weight excluding hydrogens is 769 g/mol. The fraction of sp³-hybridized carbons (Fsp3) is 0.732. The summed E-state index contributed by atoms with van der Waals surface area (Å²) in [7, 11) is 0. The summed E-state index contributed by atoms with van der Waals surface area (Å²) in [6.45, 7) is 6.47. The van der Waals surface area contributed by atoms with Gasteiger partial charge in [-0.3, -0.25) is 14.4 Å². The molecule has 0 saturated heterocycles. The molecule has 0 heterocycles. The third-order valence-corrected chi connectivity index (χ3v) is 10.9. The van der Waals surface area contributed by atoms with Crippen LogP contribution in [0.15, 0.2) is 72.9 Å². The molecule has 0 aliphatic rings. The van der Waals surface area contributed by atoms with E-state index >= 15 is 0 Å². The zero-order valence-electron chi connectivity index (χ0n) is 40.6. The van der Waals surface area contributed by atoms with Gasteiger partial charge in [-0.1, -0.05) is 209 Å². The van der Waals surface area contributed by atoms with Gasteiger partial charge in [0.1, 0.15) is 13.2 Å². The molecule has 0 fully saturated rings. The topological polar surface area (TPSA) is 78.9 Å². The van der Waals surface area contributed by atoms with Crippen LogP contribution < -0.4 is 0 Å². The van der Waals surface area contributed by atoms with Crippen molar-refractivity contribution in [1.82, 2.24) is 0 Å². The zero-order chi connectivity index (χ0) is 45.1. The zero-order valence-corrected chi connectivity index (χ0v) is 40.6. The van der Waals surface area contributed by atoms with Gasteiger partial charge in [-0.05, 0) is 89.9 Å². The second-order valence-electron chi connectivity index (χ2n) is 17.1. The molecule has 0 aliphatic carbocycles. The van der Waals surface area contributed by atoms with Crippen LogP contribution in [0, 0.1) is 0 Å². The highest BCUT2D eigenvalue weighted by Crippen LogP contribution is 2.14. The van der Waals surface area contributed by atoms with Crippen LogP contribution in [-0.2, 0) is 28.6 Å². The summed E-state index contributed by atoms with van der Waals surface area (Å²) in [6.07, 6.45) is 63.2. The predicted octanol–water partition coefficient (Wildman–Crippen LogP) is 17.0.